The molecule has 98 valence electrons. The van der Waals surface area contributed by atoms with Crippen LogP contribution in [0.4, 0.5) is 0 Å². The van der Waals surface area contributed by atoms with Gasteiger partial charge in [-0.2, -0.15) is 0 Å². The van der Waals surface area contributed by atoms with Crippen LogP contribution in [0.5, 0.6) is 0 Å². The first-order valence-electron chi connectivity index (χ1n) is 6.03. The fraction of sp³-hybridized carbons (Fsp3) is 0.917. The maximum atomic E-state index is 10.1. The van der Waals surface area contributed by atoms with Crippen LogP contribution in [0.1, 0.15) is 64.2 Å². The molecule has 2 N–H and O–H groups in total. The molecule has 0 radical (unpaired) electrons. The molecular weight excluding hydrogens is 251 g/mol. The first-order valence-corrected chi connectivity index (χ1v) is 6.56. The molecule has 0 bridgehead atoms. The van der Waals surface area contributed by atoms with Crippen molar-refractivity contribution in [2.45, 2.75) is 64.2 Å². The van der Waals surface area contributed by atoms with Crippen molar-refractivity contribution in [2.24, 2.45) is 0 Å². The monoisotopic (exact) mass is 274 g/mol. The normalized spacial score (nSPS) is 9.24. The van der Waals surface area contributed by atoms with E-state index in [2.05, 4.69) is 0 Å². The van der Waals surface area contributed by atoms with Crippen LogP contribution >= 0.6 is 11.6 Å². The van der Waals surface area contributed by atoms with Gasteiger partial charge < -0.3 is 15.4 Å². The van der Waals surface area contributed by atoms with Crippen molar-refractivity contribution in [3.63, 3.8) is 0 Å². The molecule has 0 spiro atoms. The standard InChI is InChI=1S/C12H23ClO2.Na.H2O/c13-11-9-7-5-3-1-2-4-6-8-10-12(14)15;;/h1-11H2,(H,14,15);;1H2/q;+1;/p-1. The molecule has 0 unspecified atom stereocenters. The van der Waals surface area contributed by atoms with Gasteiger partial charge in [-0.1, -0.05) is 44.9 Å². The van der Waals surface area contributed by atoms with Gasteiger partial charge in [-0.15, -0.1) is 11.6 Å². The third kappa shape index (κ3) is 22.4. The minimum atomic E-state index is -0.920. The first-order chi connectivity index (χ1) is 7.27. The second-order valence-electron chi connectivity index (χ2n) is 3.99. The number of rotatable bonds is 11. The number of carbonyl (C=O) groups is 1. The number of carbonyl (C=O) groups excluding carboxylic acids is 1. The van der Waals surface area contributed by atoms with Crippen LogP contribution in [0.3, 0.4) is 0 Å². The van der Waals surface area contributed by atoms with Crippen LogP contribution < -0.4 is 34.7 Å². The zero-order valence-corrected chi connectivity index (χ0v) is 13.7. The van der Waals surface area contributed by atoms with E-state index in [0.29, 0.717) is 0 Å². The summed E-state index contributed by atoms with van der Waals surface area (Å²) in [5.74, 6) is -0.139. The summed E-state index contributed by atoms with van der Waals surface area (Å²) in [5.41, 5.74) is 0. The summed E-state index contributed by atoms with van der Waals surface area (Å²) < 4.78 is 0. The summed E-state index contributed by atoms with van der Waals surface area (Å²) in [6.07, 6.45) is 10.6. The molecule has 0 aromatic heterocycles. The molecule has 0 aliphatic rings. The van der Waals surface area contributed by atoms with Gasteiger partial charge in [-0.25, -0.2) is 0 Å². The zero-order chi connectivity index (χ0) is 11.4. The van der Waals surface area contributed by atoms with Gasteiger partial charge in [0, 0.05) is 11.8 Å². The van der Waals surface area contributed by atoms with E-state index in [-0.39, 0.29) is 41.5 Å². The van der Waals surface area contributed by atoms with Crippen molar-refractivity contribution < 1.29 is 44.9 Å². The largest absolute Gasteiger partial charge is 1.00 e. The maximum absolute atomic E-state index is 10.1. The fourth-order valence-electron chi connectivity index (χ4n) is 1.60. The molecule has 0 aromatic rings. The predicted molar refractivity (Wildman–Crippen MR) is 65.5 cm³/mol. The Morgan fingerprint density at radius 1 is 0.824 bits per heavy atom. The molecule has 0 saturated carbocycles. The molecule has 5 heteroatoms. The molecule has 0 aliphatic carbocycles. The molecule has 0 amide bonds. The van der Waals surface area contributed by atoms with Crippen molar-refractivity contribution in [3.05, 3.63) is 0 Å². The van der Waals surface area contributed by atoms with Gasteiger partial charge in [-0.05, 0) is 19.3 Å². The number of hydrogen-bond donors (Lipinski definition) is 0. The van der Waals surface area contributed by atoms with Gasteiger partial charge in [0.15, 0.2) is 0 Å². The van der Waals surface area contributed by atoms with Crippen molar-refractivity contribution in [3.8, 4) is 0 Å². The number of halogens is 1. The second kappa shape index (κ2) is 19.1. The summed E-state index contributed by atoms with van der Waals surface area (Å²) in [6.45, 7) is 0. The molecular formula is C12H24ClNaO3. The van der Waals surface area contributed by atoms with Crippen LogP contribution in [0, 0.1) is 0 Å². The fourth-order valence-corrected chi connectivity index (χ4v) is 1.79. The summed E-state index contributed by atoms with van der Waals surface area (Å²) in [6, 6.07) is 0. The molecule has 0 fully saturated rings. The summed E-state index contributed by atoms with van der Waals surface area (Å²) in [4.78, 5) is 10.1. The Hall–Kier alpha value is 0.720. The predicted octanol–water partition coefficient (Wildman–Crippen LogP) is -0.945. The maximum Gasteiger partial charge on any atom is 1.00 e. The van der Waals surface area contributed by atoms with Crippen molar-refractivity contribution in [1.29, 1.82) is 0 Å². The quantitative estimate of drug-likeness (QED) is 0.277. The molecule has 0 rings (SSSR count). The van der Waals surface area contributed by atoms with E-state index < -0.39 is 5.97 Å². The Bertz CT molecular complexity index is 157. The number of aliphatic carboxylic acids is 1. The average molecular weight is 275 g/mol. The Morgan fingerprint density at radius 2 is 1.18 bits per heavy atom. The van der Waals surface area contributed by atoms with E-state index in [9.17, 15) is 9.90 Å². The smallest absolute Gasteiger partial charge is 0.550 e. The van der Waals surface area contributed by atoms with E-state index in [1.165, 1.54) is 32.1 Å². The summed E-state index contributed by atoms with van der Waals surface area (Å²) in [7, 11) is 0. The second-order valence-corrected chi connectivity index (χ2v) is 4.37. The van der Waals surface area contributed by atoms with Crippen LogP contribution in [0.15, 0.2) is 0 Å². The van der Waals surface area contributed by atoms with Crippen molar-refractivity contribution >= 4 is 17.6 Å². The van der Waals surface area contributed by atoms with Gasteiger partial charge in [0.1, 0.15) is 0 Å². The van der Waals surface area contributed by atoms with E-state index in [1.54, 1.807) is 0 Å². The minimum absolute atomic E-state index is 0. The van der Waals surface area contributed by atoms with Gasteiger partial charge in [0.05, 0.1) is 0 Å². The Balaban J connectivity index is -0.000000980. The zero-order valence-electron chi connectivity index (χ0n) is 11.0. The van der Waals surface area contributed by atoms with E-state index in [1.807, 2.05) is 0 Å². The average Bonchev–Trinajstić information content (AvgIpc) is 2.20. The molecule has 0 heterocycles. The number of carboxylic acid groups (broad SMARTS) is 1. The number of hydrogen-bond acceptors (Lipinski definition) is 2. The summed E-state index contributed by atoms with van der Waals surface area (Å²) >= 11 is 5.57. The molecule has 17 heavy (non-hydrogen) atoms. The third-order valence-corrected chi connectivity index (χ3v) is 2.78. The molecule has 3 nitrogen and oxygen atoms in total. The molecule has 0 aromatic carbocycles. The van der Waals surface area contributed by atoms with Gasteiger partial charge >= 0.3 is 29.6 Å². The van der Waals surface area contributed by atoms with E-state index in [4.69, 9.17) is 11.6 Å². The van der Waals surface area contributed by atoms with Crippen LogP contribution in [0.25, 0.3) is 0 Å². The number of carboxylic acids is 1. The van der Waals surface area contributed by atoms with E-state index >= 15 is 0 Å². The topological polar surface area (TPSA) is 71.6 Å². The molecule has 0 saturated heterocycles. The van der Waals surface area contributed by atoms with Crippen LogP contribution in [-0.4, -0.2) is 17.3 Å². The SMILES string of the molecule is O.O=C([O-])CCCCCCCCCCCCl.[Na+]. The van der Waals surface area contributed by atoms with Crippen molar-refractivity contribution in [2.75, 3.05) is 5.88 Å². The Kier molecular flexibility index (Phi) is 25.6. The Labute approximate surface area is 132 Å². The van der Waals surface area contributed by atoms with Gasteiger partial charge in [0.25, 0.3) is 0 Å². The number of alkyl halides is 1. The van der Waals surface area contributed by atoms with Crippen LogP contribution in [-0.2, 0) is 4.79 Å². The first kappa shape index (κ1) is 22.9. The minimum Gasteiger partial charge on any atom is -0.550 e. The molecule has 0 atom stereocenters. The van der Waals surface area contributed by atoms with Gasteiger partial charge in [-0.3, -0.25) is 0 Å². The van der Waals surface area contributed by atoms with Crippen LogP contribution in [0.2, 0.25) is 0 Å². The number of unbranched alkanes of at least 4 members (excludes halogenated alkanes) is 8. The third-order valence-electron chi connectivity index (χ3n) is 2.51. The van der Waals surface area contributed by atoms with Crippen molar-refractivity contribution in [1.82, 2.24) is 0 Å². The molecule has 0 aliphatic heterocycles. The Morgan fingerprint density at radius 3 is 1.53 bits per heavy atom. The van der Waals surface area contributed by atoms with Gasteiger partial charge in [0.2, 0.25) is 0 Å². The summed E-state index contributed by atoms with van der Waals surface area (Å²) in [5, 5.41) is 10.1. The van der Waals surface area contributed by atoms with E-state index in [0.717, 1.165) is 31.6 Å².